The first-order chi connectivity index (χ1) is 17.5. The number of ketones is 2. The molecule has 0 spiro atoms. The van der Waals surface area contributed by atoms with E-state index in [1.165, 1.54) is 28.2 Å². The van der Waals surface area contributed by atoms with E-state index in [-0.39, 0.29) is 17.1 Å². The maximum absolute atomic E-state index is 11.3. The Morgan fingerprint density at radius 1 is 0.825 bits per heavy atom. The Labute approximate surface area is 232 Å². The summed E-state index contributed by atoms with van der Waals surface area (Å²) in [6.45, 7) is 0. The molecule has 0 radical (unpaired) electrons. The van der Waals surface area contributed by atoms with E-state index in [9.17, 15) is 72.5 Å². The summed E-state index contributed by atoms with van der Waals surface area (Å²) < 4.78 is 144. The zero-order valence-electron chi connectivity index (χ0n) is 18.0. The van der Waals surface area contributed by atoms with Crippen LogP contribution in [0.25, 0.3) is 4.72 Å². The van der Waals surface area contributed by atoms with Crippen molar-refractivity contribution in [2.24, 2.45) is 4.40 Å². The Morgan fingerprint density at radius 3 is 1.50 bits per heavy atom. The fourth-order valence-corrected chi connectivity index (χ4v) is 2.52. The van der Waals surface area contributed by atoms with Crippen LogP contribution >= 0.6 is 22.0 Å². The third-order valence-corrected chi connectivity index (χ3v) is 4.25. The molecule has 1 aliphatic rings. The van der Waals surface area contributed by atoms with Crippen molar-refractivity contribution in [2.45, 2.75) is 24.7 Å². The quantitative estimate of drug-likeness (QED) is 0.116. The average Bonchev–Trinajstić information content (AvgIpc) is 3.32. The van der Waals surface area contributed by atoms with Crippen molar-refractivity contribution < 1.29 is 89.6 Å². The summed E-state index contributed by atoms with van der Waals surface area (Å²) in [7, 11) is 2.64. The van der Waals surface area contributed by atoms with Crippen LogP contribution in [0, 0.1) is 11.3 Å². The predicted molar refractivity (Wildman–Crippen MR) is 104 cm³/mol. The smallest absolute Gasteiger partial charge is 0.869 e. The van der Waals surface area contributed by atoms with Crippen LogP contribution in [-0.4, -0.2) is 47.1 Å². The summed E-state index contributed by atoms with van der Waals surface area (Å²) in [5.41, 5.74) is 1.25. The first kappa shape index (κ1) is 39.1. The molecule has 1 aromatic rings. The molecular weight excluding hydrogens is 671 g/mol. The van der Waals surface area contributed by atoms with Crippen LogP contribution < -0.4 is 10.2 Å². The number of hydrogen-bond donors (Lipinski definition) is 0. The first-order valence-electron chi connectivity index (χ1n) is 8.62. The molecule has 0 aromatic carbocycles. The van der Waals surface area contributed by atoms with Crippen LogP contribution in [0.3, 0.4) is 0 Å². The van der Waals surface area contributed by atoms with Crippen LogP contribution in [0.15, 0.2) is 46.4 Å². The minimum absolute atomic E-state index is 0. The van der Waals surface area contributed by atoms with Crippen LogP contribution in [0.4, 0.5) is 52.7 Å². The molecule has 0 N–H and O–H groups in total. The number of alkyl halides is 12. The van der Waals surface area contributed by atoms with E-state index in [2.05, 4.69) is 14.1 Å². The zero-order valence-corrected chi connectivity index (χ0v) is 20.9. The standard InChI is InChI=1S/C7H3N4S2.2C5H2F6O2.Mn/c8-3-5-1-2-6(9-4-5)7-10-12-13-11-7;2*6-4(7,8)2(12)1-3(13)5(9,10)11;/h1-2,4H;2*1,12H;/q-1;;;+3/p-2/b;2*2-1-;. The summed E-state index contributed by atoms with van der Waals surface area (Å²) in [5, 5.41) is 28.2. The number of amidine groups is 1. The molecule has 0 amide bonds. The fourth-order valence-electron chi connectivity index (χ4n) is 1.37. The first-order valence-corrected chi connectivity index (χ1v) is 10.7. The van der Waals surface area contributed by atoms with E-state index in [0.717, 1.165) is 0 Å². The topological polar surface area (TPSA) is 143 Å². The number of allylic oxidation sites excluding steroid dienone is 4. The molecule has 0 atom stereocenters. The number of halogens is 12. The van der Waals surface area contributed by atoms with Gasteiger partial charge in [0.2, 0.25) is 0 Å². The Morgan fingerprint density at radius 2 is 1.25 bits per heavy atom. The van der Waals surface area contributed by atoms with Crippen LogP contribution in [0.5, 0.6) is 0 Å². The van der Waals surface area contributed by atoms with Crippen molar-refractivity contribution in [3.05, 3.63) is 58.0 Å². The Kier molecular flexibility index (Phi) is 15.3. The number of hydrogen-bond acceptors (Lipinski definition) is 9. The van der Waals surface area contributed by atoms with Gasteiger partial charge < -0.3 is 19.3 Å². The fraction of sp³-hybridized carbons (Fsp3) is 0.235. The summed E-state index contributed by atoms with van der Waals surface area (Å²) in [5.74, 6) is -10.7. The van der Waals surface area contributed by atoms with Gasteiger partial charge in [-0.05, 0) is 41.6 Å². The maximum Gasteiger partial charge on any atom is 3.00 e. The van der Waals surface area contributed by atoms with Gasteiger partial charge in [-0.2, -0.15) is 57.9 Å². The van der Waals surface area contributed by atoms with E-state index >= 15 is 0 Å². The normalized spacial score (nSPS) is 14.1. The average molecular weight is 676 g/mol. The van der Waals surface area contributed by atoms with Crippen LogP contribution in [0.1, 0.15) is 11.3 Å². The predicted octanol–water partition coefficient (Wildman–Crippen LogP) is 4.14. The molecule has 1 aromatic heterocycles. The molecule has 2 heterocycles. The van der Waals surface area contributed by atoms with Gasteiger partial charge in [0.15, 0.2) is 0 Å². The summed E-state index contributed by atoms with van der Waals surface area (Å²) >= 11 is 0. The van der Waals surface area contributed by atoms with Gasteiger partial charge in [0.05, 0.1) is 11.3 Å². The molecule has 1 aliphatic heterocycles. The van der Waals surface area contributed by atoms with E-state index in [1.807, 2.05) is 6.07 Å². The Balaban J connectivity index is 0. The van der Waals surface area contributed by atoms with E-state index < -0.39 is 59.9 Å². The van der Waals surface area contributed by atoms with Crippen molar-refractivity contribution in [3.63, 3.8) is 0 Å². The third-order valence-electron chi connectivity index (χ3n) is 3.04. The van der Waals surface area contributed by atoms with Crippen molar-refractivity contribution in [1.29, 1.82) is 5.26 Å². The van der Waals surface area contributed by atoms with Gasteiger partial charge in [0.25, 0.3) is 11.6 Å². The molecular formula is C17H5F12MnN4O4S2. The van der Waals surface area contributed by atoms with Gasteiger partial charge in [-0.15, -0.1) is 0 Å². The molecule has 2 rings (SSSR count). The number of carbonyl (C=O) groups is 2. The van der Waals surface area contributed by atoms with Gasteiger partial charge in [-0.25, -0.2) is 0 Å². The van der Waals surface area contributed by atoms with Crippen molar-refractivity contribution in [2.75, 3.05) is 0 Å². The molecule has 23 heteroatoms. The Hall–Kier alpha value is -3.09. The van der Waals surface area contributed by atoms with Gasteiger partial charge in [0, 0.05) is 6.20 Å². The second kappa shape index (κ2) is 15.6. The zero-order chi connectivity index (χ0) is 30.8. The number of aromatic nitrogens is 1. The van der Waals surface area contributed by atoms with Gasteiger partial charge in [-0.3, -0.25) is 14.6 Å². The second-order valence-electron chi connectivity index (χ2n) is 5.94. The molecule has 40 heavy (non-hydrogen) atoms. The largest absolute Gasteiger partial charge is 3.00 e. The minimum atomic E-state index is -5.46. The second-order valence-corrected chi connectivity index (χ2v) is 7.49. The van der Waals surface area contributed by atoms with Gasteiger partial charge >= 0.3 is 41.8 Å². The summed E-state index contributed by atoms with van der Waals surface area (Å²) in [6, 6.07) is 5.45. The number of carbonyl (C=O) groups excluding carboxylic acids is 2. The van der Waals surface area contributed by atoms with Crippen molar-refractivity contribution >= 4 is 39.4 Å². The molecule has 0 saturated carbocycles. The number of nitrogens with zero attached hydrogens (tertiary/aromatic N) is 4. The SMILES string of the molecule is N#Cc1ccc(C2=NSS[N-]2)nc1.O=C(/C=C(\[O-])C(F)(F)F)C(F)(F)F.O=C(/C=C(\[O-])C(F)(F)F)C(F)(F)F.[Mn+3]. The summed E-state index contributed by atoms with van der Waals surface area (Å²) in [6.07, 6.45) is -22.4. The summed E-state index contributed by atoms with van der Waals surface area (Å²) in [4.78, 5) is 23.7. The number of nitriles is 1. The van der Waals surface area contributed by atoms with Crippen molar-refractivity contribution in [1.82, 2.24) is 4.98 Å². The molecule has 220 valence electrons. The van der Waals surface area contributed by atoms with E-state index in [1.54, 1.807) is 12.1 Å². The van der Waals surface area contributed by atoms with Crippen LogP contribution in [-0.2, 0) is 26.7 Å². The van der Waals surface area contributed by atoms with E-state index in [0.29, 0.717) is 17.1 Å². The molecule has 0 bridgehead atoms. The van der Waals surface area contributed by atoms with Crippen LogP contribution in [0.2, 0.25) is 0 Å². The third kappa shape index (κ3) is 14.9. The minimum Gasteiger partial charge on any atom is -0.869 e. The number of pyridine rings is 1. The molecule has 8 nitrogen and oxygen atoms in total. The van der Waals surface area contributed by atoms with Crippen molar-refractivity contribution in [3.8, 4) is 6.07 Å². The van der Waals surface area contributed by atoms with E-state index in [4.69, 9.17) is 5.26 Å². The molecule has 0 saturated heterocycles. The van der Waals surface area contributed by atoms with Gasteiger partial charge in [-0.1, -0.05) is 22.0 Å². The Bertz CT molecular complexity index is 1100. The molecule has 0 fully saturated rings. The molecule has 0 unspecified atom stereocenters. The number of rotatable bonds is 3. The molecule has 0 aliphatic carbocycles. The van der Waals surface area contributed by atoms with Gasteiger partial charge in [0.1, 0.15) is 6.07 Å². The maximum atomic E-state index is 11.3. The monoisotopic (exact) mass is 676 g/mol.